The van der Waals surface area contributed by atoms with Gasteiger partial charge in [0.05, 0.1) is 27.6 Å². The summed E-state index contributed by atoms with van der Waals surface area (Å²) in [5, 5.41) is 16.7. The van der Waals surface area contributed by atoms with Crippen LogP contribution in [0.5, 0.6) is 5.75 Å². The van der Waals surface area contributed by atoms with Crippen molar-refractivity contribution in [1.82, 2.24) is 5.32 Å². The van der Waals surface area contributed by atoms with Crippen LogP contribution in [0.3, 0.4) is 0 Å². The molecule has 3 aromatic rings. The molecule has 10 heteroatoms. The van der Waals surface area contributed by atoms with Crippen molar-refractivity contribution in [3.05, 3.63) is 104 Å². The van der Waals surface area contributed by atoms with Gasteiger partial charge in [0.2, 0.25) is 0 Å². The molecule has 0 heterocycles. The number of nitro benzene ring substituents is 1. The highest BCUT2D eigenvalue weighted by Crippen LogP contribution is 2.25. The fourth-order valence-corrected chi connectivity index (χ4v) is 3.11. The summed E-state index contributed by atoms with van der Waals surface area (Å²) in [6, 6.07) is 16.6. The van der Waals surface area contributed by atoms with E-state index in [1.807, 2.05) is 0 Å². The van der Waals surface area contributed by atoms with Crippen LogP contribution < -0.4 is 15.4 Å². The standard InChI is InChI=1S/C23H17Cl2N3O5/c1-33-21-5-3-2-4-17(21)22(29)27-20(12-14-6-9-16(10-7-14)28(31)32)23(30)26-15-8-11-18(24)19(25)13-15/h2-13H,1H3,(H,26,30)(H,27,29)/b20-12-. The average Bonchev–Trinajstić information content (AvgIpc) is 2.81. The van der Waals surface area contributed by atoms with Gasteiger partial charge in [0.1, 0.15) is 11.4 Å². The summed E-state index contributed by atoms with van der Waals surface area (Å²) < 4.78 is 5.21. The van der Waals surface area contributed by atoms with Crippen molar-refractivity contribution in [2.45, 2.75) is 0 Å². The first-order valence-corrected chi connectivity index (χ1v) is 10.2. The van der Waals surface area contributed by atoms with Crippen molar-refractivity contribution < 1.29 is 19.2 Å². The van der Waals surface area contributed by atoms with Gasteiger partial charge in [-0.25, -0.2) is 0 Å². The quantitative estimate of drug-likeness (QED) is 0.267. The third kappa shape index (κ3) is 6.09. The van der Waals surface area contributed by atoms with Crippen molar-refractivity contribution in [3.8, 4) is 5.75 Å². The fraction of sp³-hybridized carbons (Fsp3) is 0.0435. The maximum absolute atomic E-state index is 13.0. The van der Waals surface area contributed by atoms with Gasteiger partial charge >= 0.3 is 0 Å². The zero-order valence-electron chi connectivity index (χ0n) is 17.2. The molecule has 3 rings (SSSR count). The Labute approximate surface area is 198 Å². The van der Waals surface area contributed by atoms with Gasteiger partial charge in [-0.05, 0) is 54.1 Å². The summed E-state index contributed by atoms with van der Waals surface area (Å²) in [6.45, 7) is 0. The van der Waals surface area contributed by atoms with Crippen molar-refractivity contribution in [3.63, 3.8) is 0 Å². The zero-order chi connectivity index (χ0) is 24.0. The second-order valence-corrected chi connectivity index (χ2v) is 7.46. The van der Waals surface area contributed by atoms with Gasteiger partial charge in [0, 0.05) is 17.8 Å². The smallest absolute Gasteiger partial charge is 0.272 e. The number of nitrogens with one attached hydrogen (secondary N) is 2. The second kappa shape index (κ2) is 10.6. The molecule has 168 valence electrons. The van der Waals surface area contributed by atoms with E-state index in [-0.39, 0.29) is 22.0 Å². The van der Waals surface area contributed by atoms with Crippen LogP contribution in [0.25, 0.3) is 6.08 Å². The first-order chi connectivity index (χ1) is 15.8. The molecule has 0 aliphatic heterocycles. The number of hydrogen-bond acceptors (Lipinski definition) is 5. The van der Waals surface area contributed by atoms with Gasteiger partial charge in [0.25, 0.3) is 17.5 Å². The Balaban J connectivity index is 1.94. The molecule has 0 unspecified atom stereocenters. The number of carbonyl (C=O) groups is 2. The van der Waals surface area contributed by atoms with Gasteiger partial charge in [0.15, 0.2) is 0 Å². The minimum Gasteiger partial charge on any atom is -0.496 e. The van der Waals surface area contributed by atoms with Crippen molar-refractivity contribution in [1.29, 1.82) is 0 Å². The molecule has 0 aliphatic carbocycles. The van der Waals surface area contributed by atoms with E-state index >= 15 is 0 Å². The molecule has 8 nitrogen and oxygen atoms in total. The summed E-state index contributed by atoms with van der Waals surface area (Å²) in [5.41, 5.74) is 0.825. The Bertz CT molecular complexity index is 1240. The number of rotatable bonds is 7. The molecule has 2 amide bonds. The highest BCUT2D eigenvalue weighted by molar-refractivity contribution is 6.42. The third-order valence-electron chi connectivity index (χ3n) is 4.44. The van der Waals surface area contributed by atoms with Crippen LogP contribution in [0.15, 0.2) is 72.4 Å². The molecule has 0 spiro atoms. The number of nitro groups is 1. The molecule has 0 saturated heterocycles. The summed E-state index contributed by atoms with van der Waals surface area (Å²) in [4.78, 5) is 36.2. The number of methoxy groups -OCH3 is 1. The molecule has 0 aromatic heterocycles. The van der Waals surface area contributed by atoms with E-state index < -0.39 is 16.7 Å². The van der Waals surface area contributed by atoms with Crippen LogP contribution in [0.1, 0.15) is 15.9 Å². The Morgan fingerprint density at radius 2 is 1.70 bits per heavy atom. The van der Waals surface area contributed by atoms with Crippen molar-refractivity contribution >= 4 is 52.5 Å². The monoisotopic (exact) mass is 485 g/mol. The third-order valence-corrected chi connectivity index (χ3v) is 5.18. The molecule has 0 radical (unpaired) electrons. The minimum atomic E-state index is -0.644. The molecule has 0 atom stereocenters. The number of nitrogens with zero attached hydrogens (tertiary/aromatic N) is 1. The number of benzene rings is 3. The lowest BCUT2D eigenvalue weighted by molar-refractivity contribution is -0.384. The Morgan fingerprint density at radius 1 is 1.00 bits per heavy atom. The molecule has 2 N–H and O–H groups in total. The van der Waals surface area contributed by atoms with Crippen LogP contribution in [-0.4, -0.2) is 23.8 Å². The average molecular weight is 486 g/mol. The SMILES string of the molecule is COc1ccccc1C(=O)N/C(=C\c1ccc([N+](=O)[O-])cc1)C(=O)Nc1ccc(Cl)c(Cl)c1. The first kappa shape index (κ1) is 23.8. The number of non-ortho nitro benzene ring substituents is 1. The van der Waals surface area contributed by atoms with Crippen LogP contribution in [0.4, 0.5) is 11.4 Å². The number of anilines is 1. The van der Waals surface area contributed by atoms with Crippen molar-refractivity contribution in [2.24, 2.45) is 0 Å². The number of halogens is 2. The Hall–Kier alpha value is -3.88. The Kier molecular flexibility index (Phi) is 7.66. The van der Waals surface area contributed by atoms with Crippen LogP contribution >= 0.6 is 23.2 Å². The van der Waals surface area contributed by atoms with Crippen LogP contribution in [0, 0.1) is 10.1 Å². The van der Waals surface area contributed by atoms with Crippen LogP contribution in [0.2, 0.25) is 10.0 Å². The lowest BCUT2D eigenvalue weighted by Crippen LogP contribution is -2.31. The number of hydrogen-bond donors (Lipinski definition) is 2. The molecule has 3 aromatic carbocycles. The lowest BCUT2D eigenvalue weighted by atomic mass is 10.1. The maximum Gasteiger partial charge on any atom is 0.272 e. The normalized spacial score (nSPS) is 10.9. The van der Waals surface area contributed by atoms with E-state index in [2.05, 4.69) is 10.6 Å². The molecule has 0 bridgehead atoms. The minimum absolute atomic E-state index is 0.105. The topological polar surface area (TPSA) is 111 Å². The maximum atomic E-state index is 13.0. The number of para-hydroxylation sites is 1. The van der Waals surface area contributed by atoms with Gasteiger partial charge in [-0.15, -0.1) is 0 Å². The van der Waals surface area contributed by atoms with Gasteiger partial charge in [-0.2, -0.15) is 0 Å². The summed E-state index contributed by atoms with van der Waals surface area (Å²) in [7, 11) is 1.43. The lowest BCUT2D eigenvalue weighted by Gasteiger charge is -2.13. The van der Waals surface area contributed by atoms with E-state index in [0.717, 1.165) is 0 Å². The fourth-order valence-electron chi connectivity index (χ4n) is 2.81. The molecule has 0 aliphatic rings. The number of amides is 2. The van der Waals surface area contributed by atoms with E-state index in [1.54, 1.807) is 30.3 Å². The predicted octanol–water partition coefficient (Wildman–Crippen LogP) is 5.32. The predicted molar refractivity (Wildman–Crippen MR) is 127 cm³/mol. The highest BCUT2D eigenvalue weighted by atomic mass is 35.5. The van der Waals surface area contributed by atoms with E-state index in [4.69, 9.17) is 27.9 Å². The summed E-state index contributed by atoms with van der Waals surface area (Å²) >= 11 is 11.9. The largest absolute Gasteiger partial charge is 0.496 e. The van der Waals surface area contributed by atoms with E-state index in [9.17, 15) is 19.7 Å². The van der Waals surface area contributed by atoms with E-state index in [0.29, 0.717) is 22.0 Å². The summed E-state index contributed by atoms with van der Waals surface area (Å²) in [6.07, 6.45) is 1.39. The molecule has 33 heavy (non-hydrogen) atoms. The Morgan fingerprint density at radius 3 is 2.33 bits per heavy atom. The van der Waals surface area contributed by atoms with Gasteiger partial charge in [-0.3, -0.25) is 19.7 Å². The van der Waals surface area contributed by atoms with Gasteiger partial charge < -0.3 is 15.4 Å². The first-order valence-electron chi connectivity index (χ1n) is 9.45. The number of carbonyl (C=O) groups excluding carboxylic acids is 2. The molecule has 0 saturated carbocycles. The molecular weight excluding hydrogens is 469 g/mol. The molecule has 0 fully saturated rings. The summed E-state index contributed by atoms with van der Waals surface area (Å²) in [5.74, 6) is -0.894. The number of ether oxygens (including phenoxy) is 1. The van der Waals surface area contributed by atoms with Crippen molar-refractivity contribution in [2.75, 3.05) is 12.4 Å². The molecular formula is C23H17Cl2N3O5. The highest BCUT2D eigenvalue weighted by Gasteiger charge is 2.18. The second-order valence-electron chi connectivity index (χ2n) is 6.64. The van der Waals surface area contributed by atoms with Crippen LogP contribution in [-0.2, 0) is 4.79 Å². The van der Waals surface area contributed by atoms with Gasteiger partial charge in [-0.1, -0.05) is 35.3 Å². The van der Waals surface area contributed by atoms with E-state index in [1.165, 1.54) is 49.6 Å². The zero-order valence-corrected chi connectivity index (χ0v) is 18.7.